The van der Waals surface area contributed by atoms with Crippen LogP contribution in [0.2, 0.25) is 0 Å². The van der Waals surface area contributed by atoms with Crippen LogP contribution in [0.5, 0.6) is 0 Å². The minimum atomic E-state index is 0.214. The van der Waals surface area contributed by atoms with Crippen molar-refractivity contribution in [1.29, 1.82) is 0 Å². The summed E-state index contributed by atoms with van der Waals surface area (Å²) in [5.41, 5.74) is 0.214. The highest BCUT2D eigenvalue weighted by molar-refractivity contribution is 7.10. The lowest BCUT2D eigenvalue weighted by Crippen LogP contribution is -2.39. The summed E-state index contributed by atoms with van der Waals surface area (Å²) in [4.78, 5) is 1.33. The molecule has 0 bridgehead atoms. The number of hydrogen-bond acceptors (Lipinski definition) is 3. The third kappa shape index (κ3) is 2.35. The van der Waals surface area contributed by atoms with Crippen molar-refractivity contribution in [3.63, 3.8) is 0 Å². The average molecular weight is 211 g/mol. The van der Waals surface area contributed by atoms with Crippen molar-refractivity contribution in [3.8, 4) is 0 Å². The molecule has 2 heterocycles. The monoisotopic (exact) mass is 211 g/mol. The lowest BCUT2D eigenvalue weighted by atomic mass is 10.0. The zero-order valence-electron chi connectivity index (χ0n) is 8.75. The van der Waals surface area contributed by atoms with Crippen LogP contribution in [0.4, 0.5) is 0 Å². The van der Waals surface area contributed by atoms with Gasteiger partial charge >= 0.3 is 0 Å². The molecule has 1 N–H and O–H groups in total. The summed E-state index contributed by atoms with van der Waals surface area (Å²) in [6.07, 6.45) is 1.33. The second kappa shape index (κ2) is 4.01. The molecule has 2 rings (SSSR count). The molecule has 0 aliphatic carbocycles. The van der Waals surface area contributed by atoms with E-state index in [0.717, 1.165) is 19.6 Å². The van der Waals surface area contributed by atoms with E-state index in [-0.39, 0.29) is 11.6 Å². The van der Waals surface area contributed by atoms with Crippen molar-refractivity contribution in [2.75, 3.05) is 13.2 Å². The maximum absolute atomic E-state index is 5.83. The number of hydrogen-bond donors (Lipinski definition) is 1. The SMILES string of the molecule is CC1(C)CCOC(c2cccs2)CN1. The zero-order valence-corrected chi connectivity index (χ0v) is 9.56. The van der Waals surface area contributed by atoms with Gasteiger partial charge in [-0.1, -0.05) is 6.07 Å². The first kappa shape index (κ1) is 10.1. The summed E-state index contributed by atoms with van der Waals surface area (Å²) >= 11 is 1.77. The van der Waals surface area contributed by atoms with Crippen molar-refractivity contribution < 1.29 is 4.74 Å². The van der Waals surface area contributed by atoms with Gasteiger partial charge in [0, 0.05) is 23.6 Å². The van der Waals surface area contributed by atoms with Gasteiger partial charge in [0.1, 0.15) is 6.10 Å². The van der Waals surface area contributed by atoms with Gasteiger partial charge < -0.3 is 10.1 Å². The van der Waals surface area contributed by atoms with Crippen LogP contribution in [0, 0.1) is 0 Å². The molecule has 1 aromatic heterocycles. The molecular formula is C11H17NOS. The molecule has 0 spiro atoms. The average Bonchev–Trinajstić information content (AvgIpc) is 2.58. The Morgan fingerprint density at radius 1 is 1.57 bits per heavy atom. The third-order valence-corrected chi connectivity index (χ3v) is 3.64. The number of ether oxygens (including phenoxy) is 1. The van der Waals surface area contributed by atoms with E-state index in [1.807, 2.05) is 0 Å². The summed E-state index contributed by atoms with van der Waals surface area (Å²) in [6.45, 7) is 6.23. The summed E-state index contributed by atoms with van der Waals surface area (Å²) in [5, 5.41) is 5.65. The Balaban J connectivity index is 2.03. The first-order valence-corrected chi connectivity index (χ1v) is 5.95. The fraction of sp³-hybridized carbons (Fsp3) is 0.636. The zero-order chi connectivity index (χ0) is 10.0. The molecule has 1 aliphatic rings. The maximum Gasteiger partial charge on any atom is 0.104 e. The van der Waals surface area contributed by atoms with E-state index in [1.54, 1.807) is 11.3 Å². The van der Waals surface area contributed by atoms with Crippen molar-refractivity contribution in [3.05, 3.63) is 22.4 Å². The molecule has 14 heavy (non-hydrogen) atoms. The van der Waals surface area contributed by atoms with Gasteiger partial charge in [-0.3, -0.25) is 0 Å². The highest BCUT2D eigenvalue weighted by Crippen LogP contribution is 2.26. The van der Waals surface area contributed by atoms with Crippen molar-refractivity contribution in [2.24, 2.45) is 0 Å². The predicted octanol–water partition coefficient (Wildman–Crippen LogP) is 2.58. The van der Waals surface area contributed by atoms with Gasteiger partial charge in [0.15, 0.2) is 0 Å². The van der Waals surface area contributed by atoms with Gasteiger partial charge in [0.05, 0.1) is 0 Å². The fourth-order valence-electron chi connectivity index (χ4n) is 1.63. The van der Waals surface area contributed by atoms with E-state index in [0.29, 0.717) is 0 Å². The van der Waals surface area contributed by atoms with Gasteiger partial charge in [-0.15, -0.1) is 11.3 Å². The van der Waals surface area contributed by atoms with Gasteiger partial charge in [-0.2, -0.15) is 0 Å². The Morgan fingerprint density at radius 3 is 3.14 bits per heavy atom. The Morgan fingerprint density at radius 2 is 2.43 bits per heavy atom. The minimum absolute atomic E-state index is 0.214. The van der Waals surface area contributed by atoms with E-state index in [4.69, 9.17) is 4.74 Å². The fourth-order valence-corrected chi connectivity index (χ4v) is 2.40. The summed E-state index contributed by atoms with van der Waals surface area (Å²) in [7, 11) is 0. The van der Waals surface area contributed by atoms with Gasteiger partial charge in [0.2, 0.25) is 0 Å². The Bertz CT molecular complexity index is 281. The highest BCUT2D eigenvalue weighted by atomic mass is 32.1. The van der Waals surface area contributed by atoms with E-state index in [9.17, 15) is 0 Å². The normalized spacial score (nSPS) is 27.1. The maximum atomic E-state index is 5.83. The van der Waals surface area contributed by atoms with Gasteiger partial charge in [0.25, 0.3) is 0 Å². The van der Waals surface area contributed by atoms with Crippen LogP contribution in [0.15, 0.2) is 17.5 Å². The van der Waals surface area contributed by atoms with E-state index < -0.39 is 0 Å². The lowest BCUT2D eigenvalue weighted by Gasteiger charge is -2.23. The predicted molar refractivity (Wildman–Crippen MR) is 59.7 cm³/mol. The summed E-state index contributed by atoms with van der Waals surface area (Å²) < 4.78 is 5.83. The molecule has 1 aliphatic heterocycles. The smallest absolute Gasteiger partial charge is 0.104 e. The number of nitrogens with one attached hydrogen (secondary N) is 1. The van der Waals surface area contributed by atoms with Crippen molar-refractivity contribution in [2.45, 2.75) is 31.9 Å². The highest BCUT2D eigenvalue weighted by Gasteiger charge is 2.24. The van der Waals surface area contributed by atoms with Crippen LogP contribution in [0.1, 0.15) is 31.2 Å². The Labute approximate surface area is 89.3 Å². The third-order valence-electron chi connectivity index (χ3n) is 2.67. The quantitative estimate of drug-likeness (QED) is 0.771. The van der Waals surface area contributed by atoms with E-state index in [1.165, 1.54) is 4.88 Å². The molecular weight excluding hydrogens is 194 g/mol. The van der Waals surface area contributed by atoms with Gasteiger partial charge in [-0.25, -0.2) is 0 Å². The Kier molecular flexibility index (Phi) is 2.91. The molecule has 1 fully saturated rings. The van der Waals surface area contributed by atoms with Crippen molar-refractivity contribution >= 4 is 11.3 Å². The van der Waals surface area contributed by atoms with Crippen LogP contribution >= 0.6 is 11.3 Å². The molecule has 1 atom stereocenters. The molecule has 1 aromatic rings. The lowest BCUT2D eigenvalue weighted by molar-refractivity contribution is 0.0680. The van der Waals surface area contributed by atoms with Crippen LogP contribution in [0.3, 0.4) is 0 Å². The second-order valence-corrected chi connectivity index (χ2v) is 5.37. The largest absolute Gasteiger partial charge is 0.371 e. The summed E-state index contributed by atoms with van der Waals surface area (Å²) in [6, 6.07) is 4.23. The van der Waals surface area contributed by atoms with Crippen LogP contribution in [-0.4, -0.2) is 18.7 Å². The summed E-state index contributed by atoms with van der Waals surface area (Å²) in [5.74, 6) is 0. The number of thiophene rings is 1. The molecule has 1 saturated heterocycles. The first-order chi connectivity index (χ1) is 6.67. The molecule has 0 amide bonds. The van der Waals surface area contributed by atoms with Crippen molar-refractivity contribution in [1.82, 2.24) is 5.32 Å². The topological polar surface area (TPSA) is 21.3 Å². The molecule has 0 aromatic carbocycles. The molecule has 2 nitrogen and oxygen atoms in total. The minimum Gasteiger partial charge on any atom is -0.371 e. The standard InChI is InChI=1S/C11H17NOS/c1-11(2)5-6-13-9(8-12-11)10-4-3-7-14-10/h3-4,7,9,12H,5-6,8H2,1-2H3. The Hall–Kier alpha value is -0.380. The van der Waals surface area contributed by atoms with E-state index >= 15 is 0 Å². The van der Waals surface area contributed by atoms with Crippen LogP contribution < -0.4 is 5.32 Å². The first-order valence-electron chi connectivity index (χ1n) is 5.07. The van der Waals surface area contributed by atoms with E-state index in [2.05, 4.69) is 36.7 Å². The van der Waals surface area contributed by atoms with Crippen LogP contribution in [0.25, 0.3) is 0 Å². The molecule has 0 radical (unpaired) electrons. The molecule has 0 saturated carbocycles. The number of rotatable bonds is 1. The molecule has 1 unspecified atom stereocenters. The second-order valence-electron chi connectivity index (χ2n) is 4.39. The van der Waals surface area contributed by atoms with Crippen LogP contribution in [-0.2, 0) is 4.74 Å². The molecule has 3 heteroatoms. The van der Waals surface area contributed by atoms with Gasteiger partial charge in [-0.05, 0) is 31.7 Å². The molecule has 78 valence electrons.